The van der Waals surface area contributed by atoms with Gasteiger partial charge in [-0.3, -0.25) is 0 Å². The maximum Gasteiger partial charge on any atom is -0.147 e. The Balaban J connectivity index is 0. The molecule has 0 aromatic rings. The molecule has 1 rings (SSSR count). The third kappa shape index (κ3) is 5.08. The van der Waals surface area contributed by atoms with E-state index in [9.17, 15) is 0 Å². The van der Waals surface area contributed by atoms with E-state index < -0.39 is 26.9 Å². The van der Waals surface area contributed by atoms with Crippen molar-refractivity contribution in [2.24, 2.45) is 5.92 Å². The summed E-state index contributed by atoms with van der Waals surface area (Å²) in [5.41, 5.74) is 4.87. The molecule has 0 aromatic heterocycles. The fourth-order valence-electron chi connectivity index (χ4n) is 2.72. The summed E-state index contributed by atoms with van der Waals surface area (Å²) in [5, 5.41) is 0. The van der Waals surface area contributed by atoms with Crippen LogP contribution in [0.25, 0.3) is 0 Å². The first kappa shape index (κ1) is 23.4. The molecule has 2 atom stereocenters. The number of hydrogen-bond donors (Lipinski definition) is 1. The number of rotatable bonds is 5. The fourth-order valence-corrected chi connectivity index (χ4v) is 27.9. The maximum atomic E-state index is 4.10. The summed E-state index contributed by atoms with van der Waals surface area (Å²) in [7, 11) is 0. The number of nitrogens with one attached hydrogen (secondary N) is 1. The Morgan fingerprint density at radius 1 is 1.15 bits per heavy atom. The Morgan fingerprint density at radius 3 is 1.95 bits per heavy atom. The molecule has 0 radical (unpaired) electrons. The topological polar surface area (TPSA) is 12.0 Å². The molecule has 1 N–H and O–H groups in total. The Kier molecular flexibility index (Phi) is 11.7. The molecule has 5 heteroatoms. The summed E-state index contributed by atoms with van der Waals surface area (Å²) < 4.78 is 6.00. The van der Waals surface area contributed by atoms with Crippen LogP contribution in [0.4, 0.5) is 0 Å². The molecular formula is C15H32Cl2HfNSi. The van der Waals surface area contributed by atoms with Crippen molar-refractivity contribution in [1.82, 2.24) is 3.30 Å². The molecule has 0 spiro atoms. The molecule has 1 aliphatic rings. The van der Waals surface area contributed by atoms with E-state index in [0.717, 1.165) is 12.0 Å². The van der Waals surface area contributed by atoms with Gasteiger partial charge in [0.2, 0.25) is 0 Å². The predicted molar refractivity (Wildman–Crippen MR) is 96.5 cm³/mol. The predicted octanol–water partition coefficient (Wildman–Crippen LogP) is 4.99. The molecule has 0 bridgehead atoms. The van der Waals surface area contributed by atoms with Crippen molar-refractivity contribution in [3.05, 3.63) is 20.0 Å². The standard InChI is InChI=1S/C9H13.C4H10N.C2H7Si.2ClH.Hf/c1-6-5-7(2)9(4)8(6)3;1-3-4(2)5;1-3-2;;;/h6H,1-4H3;4-5H,3H2,1-2H3;3H,1-2H3;2*1H;/q;-1;;;;+1. The van der Waals surface area contributed by atoms with Gasteiger partial charge in [-0.25, -0.2) is 0 Å². The largest absolute Gasteiger partial charge is 0.147 e. The minimum Gasteiger partial charge on any atom is -0.147 e. The molecule has 20 heavy (non-hydrogen) atoms. The molecule has 1 nitrogen and oxygen atoms in total. The van der Waals surface area contributed by atoms with Crippen molar-refractivity contribution in [3.63, 3.8) is 0 Å². The molecule has 0 saturated carbocycles. The van der Waals surface area contributed by atoms with Gasteiger partial charge in [0.1, 0.15) is 0 Å². The molecule has 0 amide bonds. The van der Waals surface area contributed by atoms with Crippen LogP contribution in [0.5, 0.6) is 0 Å². The normalized spacial score (nSPS) is 19.9. The van der Waals surface area contributed by atoms with Gasteiger partial charge in [0.15, 0.2) is 0 Å². The van der Waals surface area contributed by atoms with Gasteiger partial charge in [-0.1, -0.05) is 0 Å². The summed E-state index contributed by atoms with van der Waals surface area (Å²) in [6.45, 7) is 19.3. The van der Waals surface area contributed by atoms with E-state index in [0.29, 0.717) is 0 Å². The molecule has 0 aromatic carbocycles. The molecule has 1 aliphatic carbocycles. The average Bonchev–Trinajstić information content (AvgIpc) is 2.51. The summed E-state index contributed by atoms with van der Waals surface area (Å²) >= 11 is -1.73. The first-order chi connectivity index (χ1) is 8.31. The van der Waals surface area contributed by atoms with Gasteiger partial charge in [-0.2, -0.15) is 0 Å². The number of halogens is 2. The summed E-state index contributed by atoms with van der Waals surface area (Å²) in [6.07, 6.45) is 1.27. The van der Waals surface area contributed by atoms with Crippen molar-refractivity contribution in [2.45, 2.75) is 67.1 Å². The van der Waals surface area contributed by atoms with Gasteiger partial charge in [0, 0.05) is 0 Å². The zero-order valence-electron chi connectivity index (χ0n) is 14.3. The van der Waals surface area contributed by atoms with Crippen LogP contribution in [0, 0.1) is 5.92 Å². The van der Waals surface area contributed by atoms with Crippen LogP contribution in [-0.2, 0) is 20.9 Å². The first-order valence-corrected chi connectivity index (χ1v) is 20.0. The first-order valence-electron chi connectivity index (χ1n) is 7.33. The van der Waals surface area contributed by atoms with E-state index in [4.69, 9.17) is 0 Å². The molecule has 0 aliphatic heterocycles. The molecule has 0 fully saturated rings. The Labute approximate surface area is 147 Å². The van der Waals surface area contributed by atoms with E-state index >= 15 is 0 Å². The van der Waals surface area contributed by atoms with Crippen LogP contribution >= 0.6 is 24.8 Å². The van der Waals surface area contributed by atoms with Gasteiger partial charge in [0.05, 0.1) is 0 Å². The Hall–Kier alpha value is 1.11. The molecule has 0 heterocycles. The van der Waals surface area contributed by atoms with Crippen LogP contribution in [0.15, 0.2) is 20.0 Å². The van der Waals surface area contributed by atoms with Gasteiger partial charge in [-0.05, 0) is 0 Å². The van der Waals surface area contributed by atoms with Crippen LogP contribution in [0.2, 0.25) is 13.1 Å². The van der Waals surface area contributed by atoms with Crippen molar-refractivity contribution in [2.75, 3.05) is 0 Å². The molecule has 2 unspecified atom stereocenters. The minimum absolute atomic E-state index is 0. The van der Waals surface area contributed by atoms with Crippen LogP contribution < -0.4 is 3.30 Å². The van der Waals surface area contributed by atoms with Gasteiger partial charge in [-0.15, -0.1) is 24.8 Å². The van der Waals surface area contributed by atoms with E-state index in [1.807, 2.05) is 3.33 Å². The van der Waals surface area contributed by atoms with Crippen LogP contribution in [0.1, 0.15) is 48.0 Å². The van der Waals surface area contributed by atoms with Gasteiger partial charge < -0.3 is 0 Å². The van der Waals surface area contributed by atoms with Crippen molar-refractivity contribution < 1.29 is 20.9 Å². The third-order valence-electron chi connectivity index (χ3n) is 4.52. The van der Waals surface area contributed by atoms with Crippen LogP contribution in [-0.4, -0.2) is 12.0 Å². The Morgan fingerprint density at radius 2 is 1.65 bits per heavy atom. The second-order valence-electron chi connectivity index (χ2n) is 6.09. The van der Waals surface area contributed by atoms with Crippen LogP contribution in [0.3, 0.4) is 0 Å². The van der Waals surface area contributed by atoms with E-state index in [-0.39, 0.29) is 24.8 Å². The van der Waals surface area contributed by atoms with E-state index in [2.05, 4.69) is 57.9 Å². The van der Waals surface area contributed by atoms with Gasteiger partial charge >= 0.3 is 123 Å². The maximum absolute atomic E-state index is 4.10. The molecule has 119 valence electrons. The second-order valence-corrected chi connectivity index (χ2v) is 31.5. The number of hydrogen-bond acceptors (Lipinski definition) is 1. The minimum atomic E-state index is -1.73. The fraction of sp³-hybridized carbons (Fsp3) is 0.733. The van der Waals surface area contributed by atoms with E-state index in [1.165, 1.54) is 6.42 Å². The smallest absolute Gasteiger partial charge is 0.147 e. The van der Waals surface area contributed by atoms with Crippen molar-refractivity contribution in [1.29, 1.82) is 0 Å². The quantitative estimate of drug-likeness (QED) is 0.521. The summed E-state index contributed by atoms with van der Waals surface area (Å²) in [5.74, 6) is 0.212. The molecule has 0 saturated heterocycles. The zero-order chi connectivity index (χ0) is 14.0. The van der Waals surface area contributed by atoms with Crippen molar-refractivity contribution >= 4 is 30.8 Å². The SMILES string of the molecule is CCC(C)[NH][Hf]([C]1=C(C)C(C)=C(C)C1C)[SiH](C)C.Cl.Cl. The molecular weight excluding hydrogens is 472 g/mol. The van der Waals surface area contributed by atoms with Gasteiger partial charge in [0.25, 0.3) is 0 Å². The summed E-state index contributed by atoms with van der Waals surface area (Å²) in [6, 6.07) is 0.718. The van der Waals surface area contributed by atoms with E-state index in [1.54, 1.807) is 16.7 Å². The Bertz CT molecular complexity index is 380. The number of allylic oxidation sites excluding steroid dienone is 4. The summed E-state index contributed by atoms with van der Waals surface area (Å²) in [4.78, 5) is 0. The monoisotopic (exact) mass is 504 g/mol. The second kappa shape index (κ2) is 9.99. The van der Waals surface area contributed by atoms with Crippen molar-refractivity contribution in [3.8, 4) is 0 Å². The zero-order valence-corrected chi connectivity index (χ0v) is 20.6. The average molecular weight is 504 g/mol. The third-order valence-corrected chi connectivity index (χ3v) is 29.9.